The molecule has 2 aromatic carbocycles. The zero-order valence-electron chi connectivity index (χ0n) is 17.9. The Kier molecular flexibility index (Phi) is 5.62. The molecule has 0 bridgehead atoms. The van der Waals surface area contributed by atoms with E-state index in [-0.39, 0.29) is 18.6 Å². The molecule has 9 nitrogen and oxygen atoms in total. The van der Waals surface area contributed by atoms with Crippen LogP contribution in [-0.2, 0) is 16.1 Å². The maximum Gasteiger partial charge on any atom is 0.250 e. The molecule has 1 saturated heterocycles. The molecule has 1 fully saturated rings. The molecule has 32 heavy (non-hydrogen) atoms. The van der Waals surface area contributed by atoms with Gasteiger partial charge in [-0.15, -0.1) is 5.10 Å². The zero-order valence-corrected chi connectivity index (χ0v) is 18.7. The van der Waals surface area contributed by atoms with Crippen LogP contribution in [0.4, 0.5) is 5.13 Å². The van der Waals surface area contributed by atoms with Crippen LogP contribution in [0.1, 0.15) is 12.8 Å². The molecule has 10 heteroatoms. The predicted molar refractivity (Wildman–Crippen MR) is 122 cm³/mol. The number of anilines is 1. The van der Waals surface area contributed by atoms with E-state index in [1.807, 2.05) is 36.4 Å². The van der Waals surface area contributed by atoms with Gasteiger partial charge in [-0.3, -0.25) is 9.69 Å². The molecule has 1 atom stereocenters. The van der Waals surface area contributed by atoms with Gasteiger partial charge < -0.3 is 14.2 Å². The zero-order chi connectivity index (χ0) is 22.1. The minimum absolute atomic E-state index is 0.0257. The largest absolute Gasteiger partial charge is 0.495 e. The van der Waals surface area contributed by atoms with Crippen molar-refractivity contribution in [3.63, 3.8) is 0 Å². The summed E-state index contributed by atoms with van der Waals surface area (Å²) < 4.78 is 19.3. The molecule has 3 heterocycles. The summed E-state index contributed by atoms with van der Waals surface area (Å²) in [6.07, 6.45) is 1.87. The fourth-order valence-electron chi connectivity index (χ4n) is 3.92. The third-order valence-electron chi connectivity index (χ3n) is 5.55. The fraction of sp³-hybridized carbons (Fsp3) is 0.364. The lowest BCUT2D eigenvalue weighted by atomic mass is 10.2. The Morgan fingerprint density at radius 1 is 1.22 bits per heavy atom. The van der Waals surface area contributed by atoms with Crippen molar-refractivity contribution in [2.45, 2.75) is 25.5 Å². The summed E-state index contributed by atoms with van der Waals surface area (Å²) in [6.45, 7) is 1.19. The molecule has 1 amide bonds. The highest BCUT2D eigenvalue weighted by atomic mass is 32.1. The van der Waals surface area contributed by atoms with Crippen molar-refractivity contribution in [3.8, 4) is 11.5 Å². The SMILES string of the molecule is COc1ccc(OC)c2sc(N(CC3CCCO3)C(=O)Cn3nnc4ccccc43)nc12. The number of hydrogen-bond acceptors (Lipinski definition) is 8. The quantitative estimate of drug-likeness (QED) is 0.424. The molecule has 0 radical (unpaired) electrons. The van der Waals surface area contributed by atoms with E-state index in [9.17, 15) is 4.79 Å². The topological polar surface area (TPSA) is 91.6 Å². The van der Waals surface area contributed by atoms with Crippen molar-refractivity contribution in [2.75, 3.05) is 32.3 Å². The molecule has 1 aliphatic rings. The summed E-state index contributed by atoms with van der Waals surface area (Å²) in [7, 11) is 3.22. The molecule has 2 aromatic heterocycles. The first kappa shape index (κ1) is 20.7. The molecule has 1 aliphatic heterocycles. The molecular weight excluding hydrogens is 430 g/mol. The number of ether oxygens (including phenoxy) is 3. The lowest BCUT2D eigenvalue weighted by molar-refractivity contribution is -0.119. The summed E-state index contributed by atoms with van der Waals surface area (Å²) in [5.41, 5.74) is 2.23. The van der Waals surface area contributed by atoms with Gasteiger partial charge in [0.2, 0.25) is 0 Å². The van der Waals surface area contributed by atoms with E-state index in [1.165, 1.54) is 11.3 Å². The summed E-state index contributed by atoms with van der Waals surface area (Å²) >= 11 is 1.40. The van der Waals surface area contributed by atoms with Crippen LogP contribution < -0.4 is 14.4 Å². The van der Waals surface area contributed by atoms with Crippen molar-refractivity contribution in [1.29, 1.82) is 0 Å². The fourth-order valence-corrected chi connectivity index (χ4v) is 5.02. The molecule has 5 rings (SSSR count). The Morgan fingerprint density at radius 3 is 2.81 bits per heavy atom. The highest BCUT2D eigenvalue weighted by Crippen LogP contribution is 2.40. The summed E-state index contributed by atoms with van der Waals surface area (Å²) in [6, 6.07) is 11.2. The number of amides is 1. The Balaban J connectivity index is 1.52. The van der Waals surface area contributed by atoms with Gasteiger partial charge in [0, 0.05) is 6.61 Å². The monoisotopic (exact) mass is 453 g/mol. The van der Waals surface area contributed by atoms with Crippen molar-refractivity contribution in [3.05, 3.63) is 36.4 Å². The second-order valence-electron chi connectivity index (χ2n) is 7.52. The van der Waals surface area contributed by atoms with Crippen molar-refractivity contribution in [2.24, 2.45) is 0 Å². The molecule has 4 aromatic rings. The number of fused-ring (bicyclic) bond motifs is 2. The minimum atomic E-state index is -0.131. The number of hydrogen-bond donors (Lipinski definition) is 0. The van der Waals surface area contributed by atoms with Crippen molar-refractivity contribution >= 4 is 43.6 Å². The van der Waals surface area contributed by atoms with Gasteiger partial charge in [-0.25, -0.2) is 9.67 Å². The number of rotatable bonds is 7. The molecule has 0 aliphatic carbocycles. The second-order valence-corrected chi connectivity index (χ2v) is 8.50. The first-order chi connectivity index (χ1) is 15.7. The number of para-hydroxylation sites is 1. The number of aromatic nitrogens is 4. The van der Waals surface area contributed by atoms with Crippen LogP contribution in [0.5, 0.6) is 11.5 Å². The molecule has 0 N–H and O–H groups in total. The van der Waals surface area contributed by atoms with Crippen LogP contribution in [0.3, 0.4) is 0 Å². The molecule has 0 spiro atoms. The Hall–Kier alpha value is -3.24. The number of carbonyl (C=O) groups excluding carboxylic acids is 1. The van der Waals surface area contributed by atoms with E-state index in [0.29, 0.717) is 35.3 Å². The van der Waals surface area contributed by atoms with Crippen molar-refractivity contribution in [1.82, 2.24) is 20.0 Å². The summed E-state index contributed by atoms with van der Waals surface area (Å²) in [4.78, 5) is 20.0. The normalized spacial score (nSPS) is 16.0. The number of methoxy groups -OCH3 is 2. The van der Waals surface area contributed by atoms with Crippen LogP contribution in [-0.4, -0.2) is 59.4 Å². The standard InChI is InChI=1S/C22H23N5O4S/c1-29-17-9-10-18(30-2)21-20(17)23-22(32-21)26(12-14-6-5-11-31-14)19(28)13-27-16-8-4-3-7-15(16)24-25-27/h3-4,7-10,14H,5-6,11-13H2,1-2H3. The van der Waals surface area contributed by atoms with E-state index in [4.69, 9.17) is 19.2 Å². The van der Waals surface area contributed by atoms with Gasteiger partial charge in [0.15, 0.2) is 5.13 Å². The van der Waals surface area contributed by atoms with Crippen molar-refractivity contribution < 1.29 is 19.0 Å². The smallest absolute Gasteiger partial charge is 0.250 e. The maximum atomic E-state index is 13.5. The van der Waals surface area contributed by atoms with E-state index >= 15 is 0 Å². The first-order valence-corrected chi connectivity index (χ1v) is 11.2. The van der Waals surface area contributed by atoms with E-state index in [1.54, 1.807) is 23.8 Å². The van der Waals surface area contributed by atoms with Crippen LogP contribution in [0.25, 0.3) is 21.3 Å². The van der Waals surface area contributed by atoms with Crippen LogP contribution in [0.15, 0.2) is 36.4 Å². The van der Waals surface area contributed by atoms with Gasteiger partial charge in [0.05, 0.1) is 32.4 Å². The Bertz CT molecular complexity index is 1220. The van der Waals surface area contributed by atoms with Gasteiger partial charge in [-0.1, -0.05) is 28.7 Å². The highest BCUT2D eigenvalue weighted by molar-refractivity contribution is 7.22. The van der Waals surface area contributed by atoms with E-state index in [2.05, 4.69) is 10.3 Å². The minimum Gasteiger partial charge on any atom is -0.495 e. The first-order valence-electron chi connectivity index (χ1n) is 10.4. The number of carbonyl (C=O) groups is 1. The van der Waals surface area contributed by atoms with Gasteiger partial charge >= 0.3 is 0 Å². The predicted octanol–water partition coefficient (Wildman–Crippen LogP) is 3.27. The number of nitrogens with zero attached hydrogens (tertiary/aromatic N) is 5. The second kappa shape index (κ2) is 8.71. The summed E-state index contributed by atoms with van der Waals surface area (Å²) in [5.74, 6) is 1.19. The average molecular weight is 454 g/mol. The van der Waals surface area contributed by atoms with Gasteiger partial charge in [0.25, 0.3) is 5.91 Å². The summed E-state index contributed by atoms with van der Waals surface area (Å²) in [5, 5.41) is 8.91. The lowest BCUT2D eigenvalue weighted by Crippen LogP contribution is -2.39. The third-order valence-corrected chi connectivity index (χ3v) is 6.64. The van der Waals surface area contributed by atoms with Gasteiger partial charge in [-0.05, 0) is 37.1 Å². The average Bonchev–Trinajstić information content (AvgIpc) is 3.57. The Morgan fingerprint density at radius 2 is 2.03 bits per heavy atom. The Labute approximate surface area is 188 Å². The van der Waals surface area contributed by atoms with Crippen LogP contribution >= 0.6 is 11.3 Å². The van der Waals surface area contributed by atoms with Crippen LogP contribution in [0, 0.1) is 0 Å². The highest BCUT2D eigenvalue weighted by Gasteiger charge is 2.28. The van der Waals surface area contributed by atoms with E-state index in [0.717, 1.165) is 28.6 Å². The van der Waals surface area contributed by atoms with E-state index < -0.39 is 0 Å². The van der Waals surface area contributed by atoms with Gasteiger partial charge in [-0.2, -0.15) is 0 Å². The molecule has 0 saturated carbocycles. The lowest BCUT2D eigenvalue weighted by Gasteiger charge is -2.23. The molecule has 166 valence electrons. The molecule has 1 unspecified atom stereocenters. The maximum absolute atomic E-state index is 13.5. The number of thiazole rings is 1. The third kappa shape index (κ3) is 3.76. The van der Waals surface area contributed by atoms with Crippen LogP contribution in [0.2, 0.25) is 0 Å². The number of benzene rings is 2. The molecular formula is C22H23N5O4S. The van der Waals surface area contributed by atoms with Gasteiger partial charge in [0.1, 0.15) is 33.8 Å².